The maximum absolute atomic E-state index is 5.92. The predicted octanol–water partition coefficient (Wildman–Crippen LogP) is 3.10. The largest absolute Gasteiger partial charge is 0.389 e. The van der Waals surface area contributed by atoms with Crippen LogP contribution in [0.3, 0.4) is 0 Å². The van der Waals surface area contributed by atoms with Gasteiger partial charge in [0, 0.05) is 18.3 Å². The Balaban J connectivity index is 2.48. The Kier molecular flexibility index (Phi) is 4.40. The van der Waals surface area contributed by atoms with Gasteiger partial charge < -0.3 is 10.6 Å². The molecule has 0 bridgehead atoms. The van der Waals surface area contributed by atoms with Crippen LogP contribution in [0.4, 0.5) is 5.82 Å². The normalized spacial score (nSPS) is 15.7. The maximum Gasteiger partial charge on any atom is 0.139 e. The summed E-state index contributed by atoms with van der Waals surface area (Å²) in [4.78, 5) is 7.57. The van der Waals surface area contributed by atoms with E-state index in [1.165, 1.54) is 25.7 Å². The zero-order chi connectivity index (χ0) is 14.0. The predicted molar refractivity (Wildman–Crippen MR) is 84.9 cm³/mol. The lowest BCUT2D eigenvalue weighted by molar-refractivity contribution is 0.612. The Morgan fingerprint density at radius 2 is 2.05 bits per heavy atom. The molecule has 2 N–H and O–H groups in total. The van der Waals surface area contributed by atoms with E-state index in [0.717, 1.165) is 29.2 Å². The average Bonchev–Trinajstić information content (AvgIpc) is 2.82. The van der Waals surface area contributed by atoms with E-state index in [0.29, 0.717) is 11.0 Å². The van der Waals surface area contributed by atoms with Gasteiger partial charge in [0.25, 0.3) is 0 Å². The molecule has 1 aliphatic rings. The van der Waals surface area contributed by atoms with E-state index in [1.807, 2.05) is 6.92 Å². The SMILES string of the molecule is CCN(c1nc(C)cc(C)c1C(N)=S)C1CCCC1. The molecule has 0 radical (unpaired) electrons. The molecule has 104 valence electrons. The molecule has 0 unspecified atom stereocenters. The highest BCUT2D eigenvalue weighted by molar-refractivity contribution is 7.80. The van der Waals surface area contributed by atoms with Crippen molar-refractivity contribution in [2.75, 3.05) is 11.4 Å². The number of pyridine rings is 1. The van der Waals surface area contributed by atoms with Gasteiger partial charge in [-0.05, 0) is 45.2 Å². The Morgan fingerprint density at radius 3 is 2.58 bits per heavy atom. The van der Waals surface area contributed by atoms with Crippen LogP contribution in [0.15, 0.2) is 6.07 Å². The van der Waals surface area contributed by atoms with Crippen molar-refractivity contribution < 1.29 is 0 Å². The summed E-state index contributed by atoms with van der Waals surface area (Å²) in [7, 11) is 0. The zero-order valence-corrected chi connectivity index (χ0v) is 12.9. The highest BCUT2D eigenvalue weighted by Crippen LogP contribution is 2.30. The molecule has 1 aromatic rings. The molecule has 19 heavy (non-hydrogen) atoms. The van der Waals surface area contributed by atoms with Crippen molar-refractivity contribution in [3.05, 3.63) is 22.9 Å². The summed E-state index contributed by atoms with van der Waals surface area (Å²) < 4.78 is 0. The Bertz CT molecular complexity index is 479. The molecule has 0 amide bonds. The molecule has 0 aliphatic heterocycles. The molecule has 0 spiro atoms. The molecule has 1 aromatic heterocycles. The average molecular weight is 277 g/mol. The van der Waals surface area contributed by atoms with E-state index < -0.39 is 0 Å². The molecular weight excluding hydrogens is 254 g/mol. The molecule has 0 atom stereocenters. The molecule has 0 saturated heterocycles. The first kappa shape index (κ1) is 14.3. The third kappa shape index (κ3) is 2.89. The van der Waals surface area contributed by atoms with Gasteiger partial charge in [-0.3, -0.25) is 0 Å². The van der Waals surface area contributed by atoms with Crippen molar-refractivity contribution in [2.24, 2.45) is 5.73 Å². The van der Waals surface area contributed by atoms with Crippen LogP contribution in [0, 0.1) is 13.8 Å². The summed E-state index contributed by atoms with van der Waals surface area (Å²) in [5.74, 6) is 0.986. The molecule has 1 fully saturated rings. The van der Waals surface area contributed by atoms with Crippen molar-refractivity contribution in [3.8, 4) is 0 Å². The lowest BCUT2D eigenvalue weighted by Gasteiger charge is -2.31. The Hall–Kier alpha value is -1.16. The minimum atomic E-state index is 0.455. The van der Waals surface area contributed by atoms with Gasteiger partial charge in [0.05, 0.1) is 5.56 Å². The van der Waals surface area contributed by atoms with E-state index in [4.69, 9.17) is 22.9 Å². The molecule has 3 nitrogen and oxygen atoms in total. The van der Waals surface area contributed by atoms with Gasteiger partial charge in [0.1, 0.15) is 10.8 Å². The van der Waals surface area contributed by atoms with Crippen molar-refractivity contribution in [2.45, 2.75) is 52.5 Å². The van der Waals surface area contributed by atoms with Crippen LogP contribution in [-0.4, -0.2) is 22.6 Å². The third-order valence-electron chi connectivity index (χ3n) is 3.95. The Morgan fingerprint density at radius 1 is 1.42 bits per heavy atom. The molecule has 1 saturated carbocycles. The minimum absolute atomic E-state index is 0.455. The van der Waals surface area contributed by atoms with Crippen LogP contribution in [0.1, 0.15) is 49.4 Å². The Labute approximate surface area is 121 Å². The number of hydrogen-bond donors (Lipinski definition) is 1. The van der Waals surface area contributed by atoms with E-state index in [9.17, 15) is 0 Å². The van der Waals surface area contributed by atoms with Gasteiger partial charge in [0.15, 0.2) is 0 Å². The maximum atomic E-state index is 5.92. The lowest BCUT2D eigenvalue weighted by atomic mass is 10.1. The van der Waals surface area contributed by atoms with Crippen molar-refractivity contribution in [3.63, 3.8) is 0 Å². The van der Waals surface area contributed by atoms with Gasteiger partial charge in [0.2, 0.25) is 0 Å². The summed E-state index contributed by atoms with van der Waals surface area (Å²) >= 11 is 5.23. The minimum Gasteiger partial charge on any atom is -0.389 e. The fourth-order valence-electron chi connectivity index (χ4n) is 3.13. The highest BCUT2D eigenvalue weighted by atomic mass is 32.1. The quantitative estimate of drug-likeness (QED) is 0.859. The smallest absolute Gasteiger partial charge is 0.139 e. The van der Waals surface area contributed by atoms with Crippen LogP contribution in [0.2, 0.25) is 0 Å². The van der Waals surface area contributed by atoms with E-state index in [1.54, 1.807) is 0 Å². The van der Waals surface area contributed by atoms with E-state index in [2.05, 4.69) is 24.8 Å². The first-order chi connectivity index (χ1) is 9.04. The molecule has 1 heterocycles. The molecular formula is C15H23N3S. The summed E-state index contributed by atoms with van der Waals surface area (Å²) in [6.45, 7) is 7.23. The van der Waals surface area contributed by atoms with Gasteiger partial charge >= 0.3 is 0 Å². The fraction of sp³-hybridized carbons (Fsp3) is 0.600. The molecule has 4 heteroatoms. The van der Waals surface area contributed by atoms with E-state index >= 15 is 0 Å². The molecule has 1 aliphatic carbocycles. The number of aryl methyl sites for hydroxylation is 2. The number of aromatic nitrogens is 1. The number of nitrogens with two attached hydrogens (primary N) is 1. The van der Waals surface area contributed by atoms with E-state index in [-0.39, 0.29) is 0 Å². The summed E-state index contributed by atoms with van der Waals surface area (Å²) in [5, 5.41) is 0. The number of anilines is 1. The van der Waals surface area contributed by atoms with Gasteiger partial charge in [-0.2, -0.15) is 0 Å². The van der Waals surface area contributed by atoms with Crippen molar-refractivity contribution in [1.29, 1.82) is 0 Å². The second-order valence-electron chi connectivity index (χ2n) is 5.37. The van der Waals surface area contributed by atoms with Gasteiger partial charge in [-0.25, -0.2) is 4.98 Å². The first-order valence-electron chi connectivity index (χ1n) is 7.09. The monoisotopic (exact) mass is 277 g/mol. The zero-order valence-electron chi connectivity index (χ0n) is 12.1. The lowest BCUT2D eigenvalue weighted by Crippen LogP contribution is -2.36. The number of thiocarbonyl (C=S) groups is 1. The summed E-state index contributed by atoms with van der Waals surface area (Å²) in [5.41, 5.74) is 9.04. The van der Waals surface area contributed by atoms with Crippen LogP contribution in [0.5, 0.6) is 0 Å². The molecule has 2 rings (SSSR count). The molecule has 0 aromatic carbocycles. The van der Waals surface area contributed by atoms with Crippen LogP contribution < -0.4 is 10.6 Å². The fourth-order valence-corrected chi connectivity index (χ4v) is 3.38. The third-order valence-corrected chi connectivity index (χ3v) is 4.15. The number of hydrogen-bond acceptors (Lipinski definition) is 3. The van der Waals surface area contributed by atoms with Crippen molar-refractivity contribution in [1.82, 2.24) is 4.98 Å². The van der Waals surface area contributed by atoms with Gasteiger partial charge in [-0.15, -0.1) is 0 Å². The van der Waals surface area contributed by atoms with Crippen LogP contribution in [0.25, 0.3) is 0 Å². The first-order valence-corrected chi connectivity index (χ1v) is 7.50. The number of nitrogens with zero attached hydrogens (tertiary/aromatic N) is 2. The topological polar surface area (TPSA) is 42.2 Å². The van der Waals surface area contributed by atoms with Crippen LogP contribution in [-0.2, 0) is 0 Å². The van der Waals surface area contributed by atoms with Gasteiger partial charge in [-0.1, -0.05) is 25.1 Å². The highest BCUT2D eigenvalue weighted by Gasteiger charge is 2.25. The van der Waals surface area contributed by atoms with Crippen molar-refractivity contribution >= 4 is 23.0 Å². The van der Waals surface area contributed by atoms with Crippen LogP contribution >= 0.6 is 12.2 Å². The summed E-state index contributed by atoms with van der Waals surface area (Å²) in [6.07, 6.45) is 5.13. The second kappa shape index (κ2) is 5.87. The second-order valence-corrected chi connectivity index (χ2v) is 5.81. The summed E-state index contributed by atoms with van der Waals surface area (Å²) in [6, 6.07) is 2.65. The standard InChI is InChI=1S/C15H23N3S/c1-4-18(12-7-5-6-8-12)15-13(14(16)19)10(2)9-11(3)17-15/h9,12H,4-8H2,1-3H3,(H2,16,19). The number of rotatable bonds is 4.